The molecule has 3 rings (SSSR count). The number of amides is 1. The zero-order chi connectivity index (χ0) is 23.5. The first kappa shape index (κ1) is 23.7. The first-order chi connectivity index (χ1) is 15.0. The van der Waals surface area contributed by atoms with Crippen molar-refractivity contribution in [2.24, 2.45) is 0 Å². The molecule has 0 saturated heterocycles. The van der Waals surface area contributed by atoms with E-state index in [0.717, 1.165) is 0 Å². The molecule has 3 aromatic rings. The number of nitrogens with zero attached hydrogens (tertiary/aromatic N) is 5. The van der Waals surface area contributed by atoms with Gasteiger partial charge in [-0.3, -0.25) is 9.10 Å². The van der Waals surface area contributed by atoms with E-state index in [9.17, 15) is 13.2 Å². The Hall–Kier alpha value is -2.98. The Bertz CT molecular complexity index is 1210. The molecule has 9 nitrogen and oxygen atoms in total. The van der Waals surface area contributed by atoms with Crippen LogP contribution in [-0.2, 0) is 26.8 Å². The Balaban J connectivity index is 1.86. The van der Waals surface area contributed by atoms with Crippen LogP contribution in [0.3, 0.4) is 0 Å². The zero-order valence-electron chi connectivity index (χ0n) is 18.3. The normalized spacial score (nSPS) is 11.9. The van der Waals surface area contributed by atoms with Crippen LogP contribution >= 0.6 is 11.6 Å². The first-order valence-electron chi connectivity index (χ1n) is 9.98. The molecule has 0 spiro atoms. The molecule has 11 heteroatoms. The smallest absolute Gasteiger partial charge is 0.264 e. The number of carbonyl (C=O) groups excluding carboxylic acids is 1. The van der Waals surface area contributed by atoms with Gasteiger partial charge in [-0.25, -0.2) is 13.1 Å². The summed E-state index contributed by atoms with van der Waals surface area (Å²) in [5, 5.41) is 14.4. The highest BCUT2D eigenvalue weighted by atomic mass is 35.5. The van der Waals surface area contributed by atoms with Crippen molar-refractivity contribution in [3.05, 3.63) is 59.4 Å². The molecule has 32 heavy (non-hydrogen) atoms. The molecular formula is C21H25ClN6O3S. The van der Waals surface area contributed by atoms with E-state index >= 15 is 0 Å². The van der Waals surface area contributed by atoms with Crippen LogP contribution in [0.1, 0.15) is 33.5 Å². The van der Waals surface area contributed by atoms with Crippen LogP contribution in [0.5, 0.6) is 0 Å². The highest BCUT2D eigenvalue weighted by Crippen LogP contribution is 2.29. The second-order valence-corrected chi connectivity index (χ2v) is 10.4. The van der Waals surface area contributed by atoms with E-state index in [-0.39, 0.29) is 34.1 Å². The highest BCUT2D eigenvalue weighted by Gasteiger charge is 2.26. The van der Waals surface area contributed by atoms with Gasteiger partial charge < -0.3 is 5.32 Å². The van der Waals surface area contributed by atoms with Crippen molar-refractivity contribution in [3.8, 4) is 0 Å². The SMILES string of the molecule is CCN(c1ccccc1)S(=O)(=O)c1ccc(Cl)c(NC(=O)Cn2nnnc2C(C)(C)C)c1. The molecule has 170 valence electrons. The number of halogens is 1. The predicted molar refractivity (Wildman–Crippen MR) is 123 cm³/mol. The maximum Gasteiger partial charge on any atom is 0.264 e. The highest BCUT2D eigenvalue weighted by molar-refractivity contribution is 7.92. The molecule has 0 atom stereocenters. The standard InChI is InChI=1S/C21H25ClN6O3S/c1-5-28(15-9-7-6-8-10-15)32(30,31)16-11-12-17(22)18(13-16)23-19(29)14-27-20(21(2,3)4)24-25-26-27/h6-13H,5,14H2,1-4H3,(H,23,29). The third-order valence-electron chi connectivity index (χ3n) is 4.63. The van der Waals surface area contributed by atoms with Gasteiger partial charge in [-0.1, -0.05) is 50.6 Å². The Morgan fingerprint density at radius 3 is 2.47 bits per heavy atom. The van der Waals surface area contributed by atoms with Gasteiger partial charge in [0.25, 0.3) is 10.0 Å². The average molecular weight is 477 g/mol. The van der Waals surface area contributed by atoms with Crippen molar-refractivity contribution < 1.29 is 13.2 Å². The van der Waals surface area contributed by atoms with Crippen molar-refractivity contribution in [1.29, 1.82) is 0 Å². The summed E-state index contributed by atoms with van der Waals surface area (Å²) in [6, 6.07) is 13.0. The van der Waals surface area contributed by atoms with Crippen LogP contribution in [0.15, 0.2) is 53.4 Å². The average Bonchev–Trinajstić information content (AvgIpc) is 3.19. The van der Waals surface area contributed by atoms with Gasteiger partial charge >= 0.3 is 0 Å². The fourth-order valence-corrected chi connectivity index (χ4v) is 4.81. The molecule has 1 aromatic heterocycles. The molecule has 0 aliphatic rings. The van der Waals surface area contributed by atoms with Crippen molar-refractivity contribution in [3.63, 3.8) is 0 Å². The molecule has 2 aromatic carbocycles. The fraction of sp³-hybridized carbons (Fsp3) is 0.333. The minimum absolute atomic E-state index is 0.0145. The zero-order valence-corrected chi connectivity index (χ0v) is 19.9. The molecule has 0 radical (unpaired) electrons. The molecule has 1 N–H and O–H groups in total. The van der Waals surface area contributed by atoms with Crippen LogP contribution in [-0.4, -0.2) is 41.1 Å². The van der Waals surface area contributed by atoms with Gasteiger partial charge in [0.05, 0.1) is 21.3 Å². The predicted octanol–water partition coefficient (Wildman–Crippen LogP) is 3.48. The van der Waals surface area contributed by atoms with Crippen molar-refractivity contribution in [2.45, 2.75) is 44.6 Å². The Labute approximate surface area is 192 Å². The van der Waals surface area contributed by atoms with Crippen LogP contribution in [0.4, 0.5) is 11.4 Å². The summed E-state index contributed by atoms with van der Waals surface area (Å²) in [4.78, 5) is 12.7. The number of aromatic nitrogens is 4. The molecule has 0 fully saturated rings. The number of anilines is 2. The van der Waals surface area contributed by atoms with E-state index in [4.69, 9.17) is 11.6 Å². The number of para-hydroxylation sites is 1. The van der Waals surface area contributed by atoms with E-state index in [1.807, 2.05) is 26.8 Å². The fourth-order valence-electron chi connectivity index (χ4n) is 3.15. The summed E-state index contributed by atoms with van der Waals surface area (Å²) < 4.78 is 29.2. The van der Waals surface area contributed by atoms with Crippen molar-refractivity contribution in [2.75, 3.05) is 16.2 Å². The quantitative estimate of drug-likeness (QED) is 0.559. The Morgan fingerprint density at radius 1 is 1.16 bits per heavy atom. The van der Waals surface area contributed by atoms with E-state index in [1.54, 1.807) is 31.2 Å². The lowest BCUT2D eigenvalue weighted by Gasteiger charge is -2.23. The molecule has 0 aliphatic carbocycles. The van der Waals surface area contributed by atoms with Crippen LogP contribution in [0, 0.1) is 0 Å². The molecule has 0 aliphatic heterocycles. The van der Waals surface area contributed by atoms with Gasteiger partial charge in [0.15, 0.2) is 5.82 Å². The number of carbonyl (C=O) groups is 1. The van der Waals surface area contributed by atoms with Gasteiger partial charge in [0.1, 0.15) is 6.54 Å². The number of rotatable bonds is 7. The topological polar surface area (TPSA) is 110 Å². The lowest BCUT2D eigenvalue weighted by molar-refractivity contribution is -0.117. The second kappa shape index (κ2) is 9.25. The summed E-state index contributed by atoms with van der Waals surface area (Å²) in [5.74, 6) is 0.117. The van der Waals surface area contributed by atoms with Gasteiger partial charge in [0.2, 0.25) is 5.91 Å². The summed E-state index contributed by atoms with van der Waals surface area (Å²) in [6.45, 7) is 7.66. The lowest BCUT2D eigenvalue weighted by atomic mass is 9.96. The van der Waals surface area contributed by atoms with Crippen LogP contribution < -0.4 is 9.62 Å². The van der Waals surface area contributed by atoms with Gasteiger partial charge in [0, 0.05) is 12.0 Å². The Kier molecular flexibility index (Phi) is 6.85. The van der Waals surface area contributed by atoms with Crippen LogP contribution in [0.2, 0.25) is 5.02 Å². The summed E-state index contributed by atoms with van der Waals surface area (Å²) in [5.41, 5.74) is 0.382. The number of hydrogen-bond acceptors (Lipinski definition) is 6. The molecule has 1 amide bonds. The number of tetrazole rings is 1. The number of sulfonamides is 1. The third kappa shape index (κ3) is 5.08. The van der Waals surface area contributed by atoms with Crippen molar-refractivity contribution in [1.82, 2.24) is 20.2 Å². The largest absolute Gasteiger partial charge is 0.323 e. The molecule has 0 unspecified atom stereocenters. The molecule has 1 heterocycles. The maximum atomic E-state index is 13.3. The summed E-state index contributed by atoms with van der Waals surface area (Å²) in [6.07, 6.45) is 0. The Morgan fingerprint density at radius 2 is 1.84 bits per heavy atom. The van der Waals surface area contributed by atoms with Gasteiger partial charge in [-0.2, -0.15) is 0 Å². The lowest BCUT2D eigenvalue weighted by Crippen LogP contribution is -2.31. The van der Waals surface area contributed by atoms with E-state index in [2.05, 4.69) is 20.8 Å². The van der Waals surface area contributed by atoms with Gasteiger partial charge in [-0.15, -0.1) is 5.10 Å². The van der Waals surface area contributed by atoms with E-state index in [0.29, 0.717) is 11.5 Å². The van der Waals surface area contributed by atoms with E-state index < -0.39 is 15.9 Å². The van der Waals surface area contributed by atoms with E-state index in [1.165, 1.54) is 27.2 Å². The maximum absolute atomic E-state index is 13.3. The third-order valence-corrected chi connectivity index (χ3v) is 6.86. The number of nitrogens with one attached hydrogen (secondary N) is 1. The monoisotopic (exact) mass is 476 g/mol. The minimum Gasteiger partial charge on any atom is -0.323 e. The molecule has 0 saturated carbocycles. The first-order valence-corrected chi connectivity index (χ1v) is 11.8. The minimum atomic E-state index is -3.87. The van der Waals surface area contributed by atoms with Gasteiger partial charge in [-0.05, 0) is 47.7 Å². The molecular weight excluding hydrogens is 452 g/mol. The molecule has 0 bridgehead atoms. The van der Waals surface area contributed by atoms with Crippen LogP contribution in [0.25, 0.3) is 0 Å². The second-order valence-electron chi connectivity index (χ2n) is 8.11. The summed E-state index contributed by atoms with van der Waals surface area (Å²) >= 11 is 6.24. The summed E-state index contributed by atoms with van der Waals surface area (Å²) in [7, 11) is -3.87. The van der Waals surface area contributed by atoms with Crippen molar-refractivity contribution >= 4 is 38.9 Å². The number of benzene rings is 2. The number of hydrogen-bond donors (Lipinski definition) is 1.